The van der Waals surface area contributed by atoms with Gasteiger partial charge < -0.3 is 10.6 Å². The fourth-order valence-corrected chi connectivity index (χ4v) is 6.68. The van der Waals surface area contributed by atoms with Gasteiger partial charge in [-0.3, -0.25) is 29.5 Å². The van der Waals surface area contributed by atoms with Crippen molar-refractivity contribution in [1.29, 1.82) is 0 Å². The van der Waals surface area contributed by atoms with E-state index in [1.807, 2.05) is 0 Å². The van der Waals surface area contributed by atoms with Crippen molar-refractivity contribution in [1.82, 2.24) is 0 Å². The van der Waals surface area contributed by atoms with Crippen LogP contribution in [0.5, 0.6) is 0 Å². The minimum absolute atomic E-state index is 0. The van der Waals surface area contributed by atoms with Crippen LogP contribution in [0.1, 0.15) is 43.0 Å². The normalized spacial score (nSPS) is 15.4. The van der Waals surface area contributed by atoms with E-state index in [1.165, 1.54) is 36.4 Å². The van der Waals surface area contributed by atoms with Gasteiger partial charge in [0.15, 0.2) is 11.4 Å². The number of benzene rings is 4. The Bertz CT molecular complexity index is 2390. The number of carbonyl (C=O) groups is 3. The van der Waals surface area contributed by atoms with Crippen LogP contribution in [0.3, 0.4) is 0 Å². The summed E-state index contributed by atoms with van der Waals surface area (Å²) in [4.78, 5) is 38.2. The number of fused-ring (bicyclic) bond motifs is 2. The summed E-state index contributed by atoms with van der Waals surface area (Å²) in [6, 6.07) is 21.3. The Morgan fingerprint density at radius 1 is 0.604 bits per heavy atom. The molecule has 6 N–H and O–H groups in total. The Balaban J connectivity index is 0.00000541. The van der Waals surface area contributed by atoms with Gasteiger partial charge in [-0.2, -0.15) is 27.0 Å². The van der Waals surface area contributed by atoms with Crippen LogP contribution in [-0.2, 0) is 20.2 Å². The molecule has 4 aromatic rings. The molecule has 0 bridgehead atoms. The van der Waals surface area contributed by atoms with E-state index in [9.17, 15) is 40.3 Å². The zero-order chi connectivity index (χ0) is 37.4. The Morgan fingerprint density at radius 2 is 0.981 bits per heavy atom. The van der Waals surface area contributed by atoms with Crippen molar-refractivity contribution < 1.29 is 69.9 Å². The fraction of sp³-hybridized carbons (Fsp3) is 0.0571. The summed E-state index contributed by atoms with van der Waals surface area (Å²) in [6.45, 7) is 3.57. The number of hydrazone groups is 2. The average Bonchev–Trinajstić information content (AvgIpc) is 3.07. The molecular weight excluding hydrogens is 736 g/mol. The molecule has 0 saturated heterocycles. The van der Waals surface area contributed by atoms with E-state index in [-0.39, 0.29) is 63.2 Å². The molecule has 0 heterocycles. The van der Waals surface area contributed by atoms with Crippen LogP contribution in [0.25, 0.3) is 12.2 Å². The molecule has 2 amide bonds. The van der Waals surface area contributed by atoms with Crippen LogP contribution in [0, 0.1) is 13.8 Å². The minimum atomic E-state index is -4.91. The second-order valence-corrected chi connectivity index (χ2v) is 14.4. The number of nitrogens with one attached hydrogen (secondary N) is 4. The topological polar surface area (TPSA) is 233 Å². The molecule has 0 aromatic heterocycles. The summed E-state index contributed by atoms with van der Waals surface area (Å²) in [5.74, 6) is -1.58. The van der Waals surface area contributed by atoms with E-state index in [4.69, 9.17) is 0 Å². The number of aryl methyl sites for hydroxylation is 2. The number of anilines is 4. The molecule has 264 valence electrons. The molecule has 2 aliphatic carbocycles. The van der Waals surface area contributed by atoms with Crippen molar-refractivity contribution in [3.05, 3.63) is 128 Å². The first-order chi connectivity index (χ1) is 24.6. The maximum absolute atomic E-state index is 13.3. The first-order valence-electron chi connectivity index (χ1n) is 15.2. The van der Waals surface area contributed by atoms with Gasteiger partial charge in [0.2, 0.25) is 11.6 Å². The minimum Gasteiger partial charge on any atom is -0.308 e. The number of urea groups is 1. The van der Waals surface area contributed by atoms with E-state index in [1.54, 1.807) is 62.4 Å². The fourth-order valence-electron chi connectivity index (χ4n) is 5.36. The van der Waals surface area contributed by atoms with E-state index in [2.05, 4.69) is 31.7 Å². The molecule has 0 unspecified atom stereocenters. The van der Waals surface area contributed by atoms with Crippen LogP contribution in [0.2, 0.25) is 0 Å². The van der Waals surface area contributed by atoms with Crippen molar-refractivity contribution >= 4 is 84.2 Å². The van der Waals surface area contributed by atoms with Crippen LogP contribution in [-0.4, -0.2) is 55.0 Å². The van der Waals surface area contributed by atoms with Crippen LogP contribution < -0.4 is 51.0 Å². The van der Waals surface area contributed by atoms with Gasteiger partial charge in [-0.05, 0) is 96.8 Å². The van der Waals surface area contributed by atoms with Crippen molar-refractivity contribution in [3.63, 3.8) is 0 Å². The number of hydrogen-bond acceptors (Lipinski definition) is 11. The van der Waals surface area contributed by atoms with E-state index in [0.29, 0.717) is 11.4 Å². The quantitative estimate of drug-likeness (QED) is 0.0868. The number of para-hydroxylation sites is 2. The smallest absolute Gasteiger partial charge is 0.308 e. The third kappa shape index (κ3) is 8.52. The predicted molar refractivity (Wildman–Crippen MR) is 198 cm³/mol. The molecule has 0 atom stereocenters. The number of nitrogens with zero attached hydrogens (tertiary/aromatic N) is 2. The second-order valence-electron chi connectivity index (χ2n) is 11.6. The summed E-state index contributed by atoms with van der Waals surface area (Å²) in [5, 5.41) is 13.1. The third-order valence-electron chi connectivity index (χ3n) is 8.00. The van der Waals surface area contributed by atoms with E-state index >= 15 is 0 Å². The van der Waals surface area contributed by atoms with Crippen LogP contribution in [0.4, 0.5) is 27.5 Å². The number of allylic oxidation sites excluding steroid dienone is 2. The third-order valence-corrected chi connectivity index (χ3v) is 9.73. The zero-order valence-corrected chi connectivity index (χ0v) is 31.8. The number of amides is 2. The molecule has 0 radical (unpaired) electrons. The second kappa shape index (κ2) is 15.4. The first kappa shape index (κ1) is 38.9. The van der Waals surface area contributed by atoms with Gasteiger partial charge in [0.1, 0.15) is 9.81 Å². The molecule has 6 rings (SSSR count). The number of carbonyl (C=O) groups excluding carboxylic acids is 3. The van der Waals surface area contributed by atoms with Gasteiger partial charge in [0, 0.05) is 22.5 Å². The number of hydrogen-bond donors (Lipinski definition) is 6. The van der Waals surface area contributed by atoms with Gasteiger partial charge in [-0.25, -0.2) is 4.79 Å². The van der Waals surface area contributed by atoms with Gasteiger partial charge >= 0.3 is 35.6 Å². The average molecular weight is 764 g/mol. The molecule has 53 heavy (non-hydrogen) atoms. The molecule has 18 heteroatoms. The Hall–Kier alpha value is -5.27. The van der Waals surface area contributed by atoms with Crippen LogP contribution >= 0.6 is 0 Å². The van der Waals surface area contributed by atoms with Gasteiger partial charge in [-0.1, -0.05) is 36.4 Å². The van der Waals surface area contributed by atoms with Gasteiger partial charge in [-0.15, -0.1) is 0 Å². The molecule has 2 aliphatic rings. The molecule has 4 aromatic carbocycles. The summed E-state index contributed by atoms with van der Waals surface area (Å²) in [6.07, 6.45) is 2.11. The first-order valence-corrected chi connectivity index (χ1v) is 18.1. The van der Waals surface area contributed by atoms with Crippen molar-refractivity contribution in [2.75, 3.05) is 21.5 Å². The SMILES string of the molecule is Cc1ccccc1N/N=C1/C(=O)c2ccc(NC(=O)Nc3ccc4c(c3)C=C(S(=O)(=O)O)/C(=N\Nc3ccccc3C)C4=O)cc2C=C1S(=O)(=O)O.[Na+]. The largest absolute Gasteiger partial charge is 1.00 e. The van der Waals surface area contributed by atoms with E-state index in [0.717, 1.165) is 23.3 Å². The molecule has 0 spiro atoms. The Kier molecular flexibility index (Phi) is 11.3. The molecular formula is C35H28N6NaO9S2+. The molecule has 0 saturated carbocycles. The maximum atomic E-state index is 13.3. The summed E-state index contributed by atoms with van der Waals surface area (Å²) >= 11 is 0. The Morgan fingerprint density at radius 3 is 1.34 bits per heavy atom. The van der Waals surface area contributed by atoms with Crippen molar-refractivity contribution in [3.8, 4) is 0 Å². The monoisotopic (exact) mass is 763 g/mol. The summed E-state index contributed by atoms with van der Waals surface area (Å²) < 4.78 is 69.0. The number of Topliss-reactive ketones (excluding diaryl/α,β-unsaturated/α-hetero) is 2. The van der Waals surface area contributed by atoms with Gasteiger partial charge in [0.25, 0.3) is 20.2 Å². The Labute approximate surface area is 325 Å². The standard InChI is InChI=1S/C35H28N6O9S2.Na/c1-19-7-3-5-9-27(19)38-40-31-29(51(45,46)47)17-21-15-23(11-13-25(21)33(31)42)36-35(44)37-24-12-14-26-22(16-24)18-30(52(48,49)50)32(34(26)43)41-39-28-10-6-4-8-20(28)2;/h3-18,38-39H,1-2H3,(H2,36,37,44)(H,45,46,47)(H,48,49,50);/q;+1/b40-31+,41-32+;. The molecule has 0 aliphatic heterocycles. The van der Waals surface area contributed by atoms with Crippen molar-refractivity contribution in [2.45, 2.75) is 13.8 Å². The van der Waals surface area contributed by atoms with Crippen molar-refractivity contribution in [2.24, 2.45) is 10.2 Å². The number of ketones is 2. The van der Waals surface area contributed by atoms with E-state index < -0.39 is 59.1 Å². The maximum Gasteiger partial charge on any atom is 1.00 e. The predicted octanol–water partition coefficient (Wildman–Crippen LogP) is 2.74. The zero-order valence-electron chi connectivity index (χ0n) is 28.2. The van der Waals surface area contributed by atoms with Gasteiger partial charge in [0.05, 0.1) is 11.4 Å². The molecule has 0 fully saturated rings. The summed E-state index contributed by atoms with van der Waals surface area (Å²) in [5.41, 5.74) is 7.38. The molecule has 15 nitrogen and oxygen atoms in total. The summed E-state index contributed by atoms with van der Waals surface area (Å²) in [7, 11) is -9.82. The number of rotatable bonds is 8. The van der Waals surface area contributed by atoms with Crippen LogP contribution in [0.15, 0.2) is 105 Å².